The van der Waals surface area contributed by atoms with Gasteiger partial charge in [-0.2, -0.15) is 0 Å². The lowest BCUT2D eigenvalue weighted by atomic mass is 10.1. The van der Waals surface area contributed by atoms with Crippen LogP contribution < -0.4 is 0 Å². The van der Waals surface area contributed by atoms with Crippen LogP contribution in [-0.2, 0) is 20.9 Å². The van der Waals surface area contributed by atoms with E-state index in [2.05, 4.69) is 9.88 Å². The number of carbonyl (C=O) groups excluding carboxylic acids is 4. The van der Waals surface area contributed by atoms with Crippen LogP contribution in [0.25, 0.3) is 0 Å². The van der Waals surface area contributed by atoms with Gasteiger partial charge in [-0.1, -0.05) is 35.3 Å². The first-order valence-electron chi connectivity index (χ1n) is 11.7. The summed E-state index contributed by atoms with van der Waals surface area (Å²) in [5, 5.41) is 0.804. The van der Waals surface area contributed by atoms with Crippen molar-refractivity contribution in [2.45, 2.75) is 6.54 Å². The molecule has 2 aromatic rings. The number of aromatic nitrogens is 1. The number of Topliss-reactive ketones (excluding diaryl/α,β-unsaturated/α-hetero) is 1. The minimum Gasteiger partial charge on any atom is -0.341 e. The molecular formula is C25H27Cl2N5O4. The number of pyridine rings is 1. The first-order chi connectivity index (χ1) is 17.2. The molecule has 2 aliphatic rings. The zero-order valence-corrected chi connectivity index (χ0v) is 21.4. The Morgan fingerprint density at radius 3 is 2.44 bits per heavy atom. The van der Waals surface area contributed by atoms with Gasteiger partial charge in [-0.25, -0.2) is 0 Å². The fourth-order valence-electron chi connectivity index (χ4n) is 4.42. The Labute approximate surface area is 219 Å². The summed E-state index contributed by atoms with van der Waals surface area (Å²) in [4.78, 5) is 61.5. The highest BCUT2D eigenvalue weighted by atomic mass is 35.5. The van der Waals surface area contributed by atoms with Crippen LogP contribution in [0.15, 0.2) is 42.6 Å². The van der Waals surface area contributed by atoms with Gasteiger partial charge in [0.15, 0.2) is 0 Å². The van der Waals surface area contributed by atoms with E-state index in [0.29, 0.717) is 55.0 Å². The molecule has 1 aromatic heterocycles. The predicted molar refractivity (Wildman–Crippen MR) is 135 cm³/mol. The molecule has 190 valence electrons. The lowest BCUT2D eigenvalue weighted by Crippen LogP contribution is -2.50. The van der Waals surface area contributed by atoms with Crippen molar-refractivity contribution in [1.82, 2.24) is 24.6 Å². The van der Waals surface area contributed by atoms with Crippen molar-refractivity contribution in [3.8, 4) is 0 Å². The van der Waals surface area contributed by atoms with Crippen LogP contribution in [0.4, 0.5) is 0 Å². The summed E-state index contributed by atoms with van der Waals surface area (Å²) in [6.07, 6.45) is 1.60. The summed E-state index contributed by atoms with van der Waals surface area (Å²) in [5.41, 5.74) is 1.20. The van der Waals surface area contributed by atoms with Gasteiger partial charge in [0.05, 0.1) is 10.0 Å². The summed E-state index contributed by atoms with van der Waals surface area (Å²) in [7, 11) is 1.59. The minimum atomic E-state index is -1.02. The van der Waals surface area contributed by atoms with Crippen molar-refractivity contribution in [2.24, 2.45) is 5.92 Å². The fourth-order valence-corrected chi connectivity index (χ4v) is 4.74. The highest BCUT2D eigenvalue weighted by Crippen LogP contribution is 2.24. The number of nitrogens with zero attached hydrogens (tertiary/aromatic N) is 5. The van der Waals surface area contributed by atoms with E-state index in [1.54, 1.807) is 54.5 Å². The number of rotatable bonds is 7. The van der Waals surface area contributed by atoms with E-state index >= 15 is 0 Å². The number of benzene rings is 1. The fraction of sp³-hybridized carbons (Fsp3) is 0.400. The Kier molecular flexibility index (Phi) is 8.23. The monoisotopic (exact) mass is 531 g/mol. The van der Waals surface area contributed by atoms with Crippen molar-refractivity contribution in [3.63, 3.8) is 0 Å². The minimum absolute atomic E-state index is 0.0698. The van der Waals surface area contributed by atoms with Crippen LogP contribution in [0.5, 0.6) is 0 Å². The molecule has 1 atom stereocenters. The molecule has 11 heteroatoms. The van der Waals surface area contributed by atoms with E-state index in [1.165, 1.54) is 9.80 Å². The molecule has 3 amide bonds. The van der Waals surface area contributed by atoms with Crippen molar-refractivity contribution >= 4 is 46.7 Å². The number of hydrogen-bond acceptors (Lipinski definition) is 6. The van der Waals surface area contributed by atoms with Crippen LogP contribution in [0.3, 0.4) is 0 Å². The molecule has 1 aromatic carbocycles. The molecule has 2 saturated heterocycles. The number of carbonyl (C=O) groups is 4. The van der Waals surface area contributed by atoms with Crippen LogP contribution >= 0.6 is 23.2 Å². The molecule has 0 aliphatic carbocycles. The SMILES string of the molecule is CN(Cc1ccc(Cl)c(Cl)c1)C(=O)C1CN(CCN2CCN(C(=O)c3ccccn3)CC2)C(=O)C1=O. The second-order valence-electron chi connectivity index (χ2n) is 8.96. The van der Waals surface area contributed by atoms with E-state index in [0.717, 1.165) is 5.56 Å². The molecule has 0 bridgehead atoms. The van der Waals surface area contributed by atoms with E-state index in [-0.39, 0.29) is 19.0 Å². The number of hydrogen-bond donors (Lipinski definition) is 0. The molecule has 0 radical (unpaired) electrons. The van der Waals surface area contributed by atoms with Crippen LogP contribution in [0, 0.1) is 5.92 Å². The molecule has 4 rings (SSSR count). The van der Waals surface area contributed by atoms with Crippen LogP contribution in [0.1, 0.15) is 16.1 Å². The average molecular weight is 532 g/mol. The first-order valence-corrected chi connectivity index (χ1v) is 12.4. The van der Waals surface area contributed by atoms with Gasteiger partial charge in [-0.3, -0.25) is 29.1 Å². The topological polar surface area (TPSA) is 94.1 Å². The third-order valence-corrected chi connectivity index (χ3v) is 7.26. The van der Waals surface area contributed by atoms with E-state index in [4.69, 9.17) is 23.2 Å². The Morgan fingerprint density at radius 1 is 1.03 bits per heavy atom. The third-order valence-electron chi connectivity index (χ3n) is 6.53. The Bertz CT molecular complexity index is 1150. The number of piperazine rings is 1. The summed E-state index contributed by atoms with van der Waals surface area (Å²) >= 11 is 12.0. The zero-order valence-electron chi connectivity index (χ0n) is 19.9. The van der Waals surface area contributed by atoms with E-state index in [1.807, 2.05) is 0 Å². The molecule has 2 aliphatic heterocycles. The summed E-state index contributed by atoms with van der Waals surface area (Å²) in [5.74, 6) is -2.81. The van der Waals surface area contributed by atoms with Crippen molar-refractivity contribution < 1.29 is 19.2 Å². The number of ketones is 1. The Hall–Kier alpha value is -3.01. The summed E-state index contributed by atoms with van der Waals surface area (Å²) < 4.78 is 0. The first kappa shape index (κ1) is 26.1. The van der Waals surface area contributed by atoms with Crippen LogP contribution in [-0.4, -0.2) is 101 Å². The number of likely N-dealkylation sites (tertiary alicyclic amines) is 1. The normalized spacial score (nSPS) is 18.6. The Morgan fingerprint density at radius 2 is 1.78 bits per heavy atom. The van der Waals surface area contributed by atoms with Crippen molar-refractivity contribution in [3.05, 3.63) is 63.9 Å². The van der Waals surface area contributed by atoms with Crippen molar-refractivity contribution in [1.29, 1.82) is 0 Å². The predicted octanol–water partition coefficient (Wildman–Crippen LogP) is 1.83. The van der Waals surface area contributed by atoms with E-state index in [9.17, 15) is 19.2 Å². The Balaban J connectivity index is 1.26. The lowest BCUT2D eigenvalue weighted by molar-refractivity contribution is -0.144. The summed E-state index contributed by atoms with van der Waals surface area (Å²) in [6, 6.07) is 10.3. The highest BCUT2D eigenvalue weighted by Gasteiger charge is 2.44. The molecule has 0 spiro atoms. The molecular weight excluding hydrogens is 505 g/mol. The van der Waals surface area contributed by atoms with Gasteiger partial charge in [-0.05, 0) is 29.8 Å². The molecule has 3 heterocycles. The smallest absolute Gasteiger partial charge is 0.290 e. The molecule has 36 heavy (non-hydrogen) atoms. The van der Waals surface area contributed by atoms with Gasteiger partial charge >= 0.3 is 0 Å². The van der Waals surface area contributed by atoms with Gasteiger partial charge in [0, 0.05) is 65.6 Å². The maximum absolute atomic E-state index is 12.9. The molecule has 0 N–H and O–H groups in total. The second kappa shape index (κ2) is 11.4. The quantitative estimate of drug-likeness (QED) is 0.399. The largest absolute Gasteiger partial charge is 0.341 e. The second-order valence-corrected chi connectivity index (χ2v) is 9.77. The molecule has 0 saturated carbocycles. The number of amides is 3. The van der Waals surface area contributed by atoms with Crippen molar-refractivity contribution in [2.75, 3.05) is 52.9 Å². The lowest BCUT2D eigenvalue weighted by Gasteiger charge is -2.35. The van der Waals surface area contributed by atoms with Crippen LogP contribution in [0.2, 0.25) is 10.0 Å². The average Bonchev–Trinajstić information content (AvgIpc) is 3.18. The molecule has 1 unspecified atom stereocenters. The van der Waals surface area contributed by atoms with Gasteiger partial charge < -0.3 is 14.7 Å². The standard InChI is InChI=1S/C25H27Cl2N5O4/c1-29(15-17-5-6-19(26)20(27)14-17)23(34)18-16-32(25(36)22(18)33)13-10-30-8-11-31(12-9-30)24(35)21-4-2-3-7-28-21/h2-7,14,18H,8-13,15-16H2,1H3. The summed E-state index contributed by atoms with van der Waals surface area (Å²) in [6.45, 7) is 3.65. The maximum Gasteiger partial charge on any atom is 0.290 e. The maximum atomic E-state index is 12.9. The highest BCUT2D eigenvalue weighted by molar-refractivity contribution is 6.42. The van der Waals surface area contributed by atoms with Gasteiger partial charge in [-0.15, -0.1) is 0 Å². The molecule has 9 nitrogen and oxygen atoms in total. The van der Waals surface area contributed by atoms with Gasteiger partial charge in [0.1, 0.15) is 11.6 Å². The molecule has 2 fully saturated rings. The van der Waals surface area contributed by atoms with Gasteiger partial charge in [0.25, 0.3) is 11.8 Å². The zero-order chi connectivity index (χ0) is 25.8. The van der Waals surface area contributed by atoms with Gasteiger partial charge in [0.2, 0.25) is 11.7 Å². The van der Waals surface area contributed by atoms with E-state index < -0.39 is 23.5 Å². The third kappa shape index (κ3) is 5.86. The number of halogens is 2.